The predicted octanol–water partition coefficient (Wildman–Crippen LogP) is 4.50. The van der Waals surface area contributed by atoms with E-state index in [1.54, 1.807) is 0 Å². The Morgan fingerprint density at radius 1 is 1.19 bits per heavy atom. The quantitative estimate of drug-likeness (QED) is 0.575. The van der Waals surface area contributed by atoms with Gasteiger partial charge in [0.05, 0.1) is 17.5 Å². The molecule has 1 aliphatic heterocycles. The molecule has 1 aromatic heterocycles. The van der Waals surface area contributed by atoms with E-state index < -0.39 is 17.7 Å². The highest BCUT2D eigenvalue weighted by Gasteiger charge is 2.32. The van der Waals surface area contributed by atoms with Gasteiger partial charge < -0.3 is 15.0 Å². The van der Waals surface area contributed by atoms with Gasteiger partial charge in [0, 0.05) is 23.8 Å². The molecule has 1 amide bonds. The minimum Gasteiger partial charge on any atom is -0.455 e. The van der Waals surface area contributed by atoms with Crippen LogP contribution in [0.3, 0.4) is 0 Å². The normalized spacial score (nSPS) is 15.8. The number of hydrogen-bond acceptors (Lipinski definition) is 5. The topological polar surface area (TPSA) is 71.5 Å². The van der Waals surface area contributed by atoms with Crippen molar-refractivity contribution >= 4 is 33.6 Å². The molecule has 1 N–H and O–H groups in total. The summed E-state index contributed by atoms with van der Waals surface area (Å²) in [4.78, 5) is 30.2. The van der Waals surface area contributed by atoms with E-state index in [4.69, 9.17) is 4.74 Å². The number of piperidine rings is 1. The van der Waals surface area contributed by atoms with Gasteiger partial charge in [-0.25, -0.2) is 4.98 Å². The van der Waals surface area contributed by atoms with Gasteiger partial charge in [-0.3, -0.25) is 9.59 Å². The van der Waals surface area contributed by atoms with Crippen LogP contribution in [0.5, 0.6) is 0 Å². The molecule has 1 aliphatic rings. The molecule has 1 saturated heterocycles. The summed E-state index contributed by atoms with van der Waals surface area (Å²) >= 11 is 3.36. The number of carbonyl (C=O) groups is 2. The molecule has 0 saturated carbocycles. The Bertz CT molecular complexity index is 928. The van der Waals surface area contributed by atoms with Crippen LogP contribution < -0.4 is 10.2 Å². The smallest absolute Gasteiger partial charge is 0.417 e. The number of alkyl halides is 3. The van der Waals surface area contributed by atoms with Gasteiger partial charge in [0.25, 0.3) is 5.91 Å². The predicted molar refractivity (Wildman–Crippen MR) is 116 cm³/mol. The molecule has 0 bridgehead atoms. The molecule has 6 nitrogen and oxygen atoms in total. The third-order valence-corrected chi connectivity index (χ3v) is 5.85. The minimum atomic E-state index is -4.43. The van der Waals surface area contributed by atoms with Gasteiger partial charge in [0.2, 0.25) is 0 Å². The molecule has 32 heavy (non-hydrogen) atoms. The number of hydrogen-bond donors (Lipinski definition) is 1. The largest absolute Gasteiger partial charge is 0.455 e. The zero-order chi connectivity index (χ0) is 23.3. The zero-order valence-electron chi connectivity index (χ0n) is 17.4. The number of amides is 1. The number of ether oxygens (including phenoxy) is 1. The lowest BCUT2D eigenvalue weighted by Gasteiger charge is -2.31. The second-order valence-corrected chi connectivity index (χ2v) is 8.53. The molecule has 0 unspecified atom stereocenters. The van der Waals surface area contributed by atoms with E-state index in [2.05, 4.69) is 26.2 Å². The number of halogens is 4. The Labute approximate surface area is 192 Å². The molecule has 2 heterocycles. The van der Waals surface area contributed by atoms with Crippen molar-refractivity contribution in [1.82, 2.24) is 10.3 Å². The highest BCUT2D eigenvalue weighted by Crippen LogP contribution is 2.30. The first-order chi connectivity index (χ1) is 15.1. The van der Waals surface area contributed by atoms with Crippen LogP contribution in [-0.4, -0.2) is 36.6 Å². The van der Waals surface area contributed by atoms with Gasteiger partial charge in [-0.1, -0.05) is 28.1 Å². The van der Waals surface area contributed by atoms with Gasteiger partial charge in [-0.15, -0.1) is 0 Å². The van der Waals surface area contributed by atoms with Crippen LogP contribution in [0.4, 0.5) is 19.0 Å². The van der Waals surface area contributed by atoms with Gasteiger partial charge in [-0.2, -0.15) is 13.2 Å². The molecule has 1 aromatic carbocycles. The molecule has 0 radical (unpaired) electrons. The number of carbonyl (C=O) groups excluding carboxylic acids is 2. The lowest BCUT2D eigenvalue weighted by atomic mass is 9.97. The Morgan fingerprint density at radius 2 is 1.84 bits per heavy atom. The first-order valence-electron chi connectivity index (χ1n) is 10.1. The van der Waals surface area contributed by atoms with Gasteiger partial charge >= 0.3 is 12.1 Å². The van der Waals surface area contributed by atoms with Gasteiger partial charge in [-0.05, 0) is 49.6 Å². The molecule has 3 rings (SSSR count). The maximum absolute atomic E-state index is 12.7. The van der Waals surface area contributed by atoms with Crippen molar-refractivity contribution in [2.75, 3.05) is 24.6 Å². The number of esters is 1. The van der Waals surface area contributed by atoms with Crippen LogP contribution in [-0.2, 0) is 20.5 Å². The molecule has 0 spiro atoms. The SMILES string of the molecule is C[C@H](NC(=O)COC(=O)C1CCN(c2ccc(C(F)(F)F)cn2)CC1)c1ccc(Br)cc1. The van der Waals surface area contributed by atoms with Gasteiger partial charge in [0.1, 0.15) is 5.82 Å². The van der Waals surface area contributed by atoms with Crippen LogP contribution in [0.2, 0.25) is 0 Å². The van der Waals surface area contributed by atoms with Crippen molar-refractivity contribution < 1.29 is 27.5 Å². The number of aromatic nitrogens is 1. The zero-order valence-corrected chi connectivity index (χ0v) is 18.9. The number of rotatable bonds is 6. The maximum Gasteiger partial charge on any atom is 0.417 e. The summed E-state index contributed by atoms with van der Waals surface area (Å²) in [7, 11) is 0. The summed E-state index contributed by atoms with van der Waals surface area (Å²) in [6, 6.07) is 9.64. The number of nitrogens with one attached hydrogen (secondary N) is 1. The molecule has 2 aromatic rings. The summed E-state index contributed by atoms with van der Waals surface area (Å²) in [5.74, 6) is -0.764. The van der Waals surface area contributed by atoms with Crippen LogP contribution in [0, 0.1) is 5.92 Å². The number of pyridine rings is 1. The van der Waals surface area contributed by atoms with Gasteiger partial charge in [0.15, 0.2) is 6.61 Å². The lowest BCUT2D eigenvalue weighted by Crippen LogP contribution is -2.38. The van der Waals surface area contributed by atoms with E-state index in [1.165, 1.54) is 6.07 Å². The second-order valence-electron chi connectivity index (χ2n) is 7.61. The Balaban J connectivity index is 1.42. The Morgan fingerprint density at radius 3 is 2.41 bits per heavy atom. The third kappa shape index (κ3) is 6.44. The van der Waals surface area contributed by atoms with Crippen molar-refractivity contribution in [1.29, 1.82) is 0 Å². The first-order valence-corrected chi connectivity index (χ1v) is 10.9. The molecule has 172 valence electrons. The van der Waals surface area contributed by atoms with Crippen LogP contribution in [0.15, 0.2) is 47.1 Å². The number of anilines is 1. The average Bonchev–Trinajstić information content (AvgIpc) is 2.77. The lowest BCUT2D eigenvalue weighted by molar-refractivity contribution is -0.153. The van der Waals surface area contributed by atoms with E-state index in [9.17, 15) is 22.8 Å². The summed E-state index contributed by atoms with van der Waals surface area (Å²) in [5, 5.41) is 2.79. The summed E-state index contributed by atoms with van der Waals surface area (Å²) < 4.78 is 44.1. The highest BCUT2D eigenvalue weighted by atomic mass is 79.9. The second kappa shape index (κ2) is 10.3. The van der Waals surface area contributed by atoms with Crippen molar-refractivity contribution in [3.63, 3.8) is 0 Å². The number of nitrogens with zero attached hydrogens (tertiary/aromatic N) is 2. The van der Waals surface area contributed by atoms with Crippen molar-refractivity contribution in [3.05, 3.63) is 58.2 Å². The van der Waals surface area contributed by atoms with E-state index in [-0.39, 0.29) is 24.5 Å². The Kier molecular flexibility index (Phi) is 7.76. The molecule has 1 fully saturated rings. The fourth-order valence-corrected chi connectivity index (χ4v) is 3.72. The maximum atomic E-state index is 12.7. The highest BCUT2D eigenvalue weighted by molar-refractivity contribution is 9.10. The van der Waals surface area contributed by atoms with E-state index in [0.29, 0.717) is 31.7 Å². The Hall–Kier alpha value is -2.62. The van der Waals surface area contributed by atoms with E-state index in [0.717, 1.165) is 22.3 Å². The monoisotopic (exact) mass is 513 g/mol. The first kappa shape index (κ1) is 24.0. The van der Waals surface area contributed by atoms with Crippen molar-refractivity contribution in [2.45, 2.75) is 32.0 Å². The van der Waals surface area contributed by atoms with Crippen LogP contribution >= 0.6 is 15.9 Å². The fourth-order valence-electron chi connectivity index (χ4n) is 3.46. The standard InChI is InChI=1S/C22H23BrF3N3O3/c1-14(15-2-5-18(23)6-3-15)28-20(30)13-32-21(31)16-8-10-29(11-9-16)19-7-4-17(12-27-19)22(24,25)26/h2-7,12,14,16H,8-11,13H2,1H3,(H,28,30)/t14-/m0/s1. The molecule has 1 atom stereocenters. The van der Waals surface area contributed by atoms with E-state index >= 15 is 0 Å². The number of benzene rings is 1. The summed E-state index contributed by atoms with van der Waals surface area (Å²) in [5.41, 5.74) is 0.129. The van der Waals surface area contributed by atoms with Crippen LogP contribution in [0.25, 0.3) is 0 Å². The van der Waals surface area contributed by atoms with Crippen molar-refractivity contribution in [2.24, 2.45) is 5.92 Å². The van der Waals surface area contributed by atoms with E-state index in [1.807, 2.05) is 36.1 Å². The fraction of sp³-hybridized carbons (Fsp3) is 0.409. The summed E-state index contributed by atoms with van der Waals surface area (Å²) in [6.45, 7) is 2.41. The average molecular weight is 514 g/mol. The minimum absolute atomic E-state index is 0.228. The molecule has 0 aliphatic carbocycles. The third-order valence-electron chi connectivity index (χ3n) is 5.32. The molecule has 10 heteroatoms. The van der Waals surface area contributed by atoms with Crippen molar-refractivity contribution in [3.8, 4) is 0 Å². The molecular weight excluding hydrogens is 491 g/mol. The van der Waals surface area contributed by atoms with Crippen LogP contribution in [0.1, 0.15) is 36.9 Å². The summed E-state index contributed by atoms with van der Waals surface area (Å²) in [6.07, 6.45) is -2.68. The molecular formula is C22H23BrF3N3O3.